The monoisotopic (exact) mass is 605 g/mol. The van der Waals surface area contributed by atoms with E-state index in [9.17, 15) is 19.0 Å². The molecule has 0 aliphatic rings. The van der Waals surface area contributed by atoms with Crippen LogP contribution in [0.3, 0.4) is 0 Å². The van der Waals surface area contributed by atoms with Crippen LogP contribution in [0.2, 0.25) is 0 Å². The highest BCUT2D eigenvalue weighted by molar-refractivity contribution is 7.32. The van der Waals surface area contributed by atoms with E-state index < -0.39 is 20.2 Å². The van der Waals surface area contributed by atoms with Gasteiger partial charge in [0.2, 0.25) is 5.75 Å². The Morgan fingerprint density at radius 1 is 0.705 bits per heavy atom. The maximum absolute atomic E-state index is 12.1. The van der Waals surface area contributed by atoms with Gasteiger partial charge in [0.1, 0.15) is 11.6 Å². The number of hydrogen-bond donors (Lipinski definition) is 3. The quantitative estimate of drug-likeness (QED) is 0.107. The number of rotatable bonds is 6. The summed E-state index contributed by atoms with van der Waals surface area (Å²) in [5, 5.41) is 3.09. The molecule has 0 radical (unpaired) electrons. The molecule has 11 nitrogen and oxygen atoms in total. The molecule has 44 heavy (non-hydrogen) atoms. The number of carbonyl (C=O) groups is 2. The van der Waals surface area contributed by atoms with Gasteiger partial charge in [0.15, 0.2) is 0 Å². The Labute approximate surface area is 249 Å². The van der Waals surface area contributed by atoms with Crippen LogP contribution in [-0.2, 0) is 14.0 Å². The smallest absolute Gasteiger partial charge is 0.465 e. The molecule has 1 unspecified atom stereocenters. The number of nitrogens with zero attached hydrogens (tertiary/aromatic N) is 2. The minimum absolute atomic E-state index is 0.169. The van der Waals surface area contributed by atoms with Crippen molar-refractivity contribution in [3.63, 3.8) is 0 Å². The molecule has 0 amide bonds. The van der Waals surface area contributed by atoms with E-state index in [1.807, 2.05) is 36.4 Å². The molecule has 7 aromatic rings. The Balaban J connectivity index is 1.41. The van der Waals surface area contributed by atoms with Crippen molar-refractivity contribution in [3.05, 3.63) is 90.0 Å². The van der Waals surface area contributed by atoms with Crippen molar-refractivity contribution >= 4 is 63.8 Å². The van der Waals surface area contributed by atoms with Crippen molar-refractivity contribution in [2.45, 2.75) is 0 Å². The molecule has 0 saturated carbocycles. The van der Waals surface area contributed by atoms with Gasteiger partial charge in [-0.25, -0.2) is 24.1 Å². The summed E-state index contributed by atoms with van der Waals surface area (Å²) < 4.78 is 27.3. The Bertz CT molecular complexity index is 2330. The van der Waals surface area contributed by atoms with Gasteiger partial charge in [-0.15, -0.1) is 4.89 Å². The fourth-order valence-electron chi connectivity index (χ4n) is 5.40. The van der Waals surface area contributed by atoms with Crippen LogP contribution in [-0.4, -0.2) is 51.0 Å². The van der Waals surface area contributed by atoms with Gasteiger partial charge in [-0.2, -0.15) is 0 Å². The van der Waals surface area contributed by atoms with Crippen LogP contribution >= 0.6 is 8.25 Å². The maximum Gasteiger partial charge on any atom is 0.747 e. The lowest BCUT2D eigenvalue weighted by Gasteiger charge is -2.10. The zero-order chi connectivity index (χ0) is 30.5. The first-order chi connectivity index (χ1) is 21.3. The summed E-state index contributed by atoms with van der Waals surface area (Å²) in [5.74, 6) is 0.203. The summed E-state index contributed by atoms with van der Waals surface area (Å²) >= 11 is 0. The highest BCUT2D eigenvalue weighted by atomic mass is 31.1. The Morgan fingerprint density at radius 2 is 1.30 bits per heavy atom. The first-order valence-corrected chi connectivity index (χ1v) is 14.5. The zero-order valence-corrected chi connectivity index (χ0v) is 24.1. The highest BCUT2D eigenvalue weighted by Crippen LogP contribution is 2.42. The lowest BCUT2D eigenvalue weighted by Crippen LogP contribution is -2.00. The number of methoxy groups -OCH3 is 2. The summed E-state index contributed by atoms with van der Waals surface area (Å²) in [6.07, 6.45) is 0. The number of ether oxygens (including phenoxy) is 2. The van der Waals surface area contributed by atoms with Crippen LogP contribution < -0.4 is 4.52 Å². The number of aromatic amines is 2. The fourth-order valence-corrected chi connectivity index (χ4v) is 5.75. The SMILES string of the molecule is COC(=O)c1ccc2[nH]c(-c3ccc4cc5cccc(-c6nc7cc(C(=O)OC)ccc7[nH]6)c5cc4c3O[P+](=O)O)nc2c1. The van der Waals surface area contributed by atoms with Crippen LogP contribution in [0.4, 0.5) is 0 Å². The molecule has 5 aromatic carbocycles. The Morgan fingerprint density at radius 3 is 1.89 bits per heavy atom. The predicted molar refractivity (Wildman–Crippen MR) is 165 cm³/mol. The summed E-state index contributed by atoms with van der Waals surface area (Å²) in [5.41, 5.74) is 4.50. The number of aromatic nitrogens is 4. The highest BCUT2D eigenvalue weighted by Gasteiger charge is 2.25. The van der Waals surface area contributed by atoms with Crippen molar-refractivity contribution in [1.29, 1.82) is 0 Å². The number of imidazole rings is 2. The van der Waals surface area contributed by atoms with Crippen LogP contribution in [0.25, 0.3) is 66.4 Å². The van der Waals surface area contributed by atoms with Gasteiger partial charge in [-0.3, -0.25) is 0 Å². The molecule has 7 rings (SSSR count). The molecule has 2 aromatic heterocycles. The largest absolute Gasteiger partial charge is 0.747 e. The van der Waals surface area contributed by atoms with Crippen molar-refractivity contribution in [2.75, 3.05) is 14.2 Å². The third kappa shape index (κ3) is 4.60. The number of hydrogen-bond acceptors (Lipinski definition) is 8. The average Bonchev–Trinajstić information content (AvgIpc) is 3.66. The number of nitrogens with one attached hydrogen (secondary N) is 2. The van der Waals surface area contributed by atoms with Crippen LogP contribution in [0.1, 0.15) is 20.7 Å². The van der Waals surface area contributed by atoms with E-state index in [4.69, 9.17) is 19.0 Å². The first kappa shape index (κ1) is 27.2. The van der Waals surface area contributed by atoms with E-state index in [1.54, 1.807) is 42.5 Å². The van der Waals surface area contributed by atoms with Gasteiger partial charge in [-0.05, 0) is 70.8 Å². The average molecular weight is 606 g/mol. The molecule has 3 N–H and O–H groups in total. The van der Waals surface area contributed by atoms with Gasteiger partial charge >= 0.3 is 20.2 Å². The van der Waals surface area contributed by atoms with Crippen LogP contribution in [0.5, 0.6) is 5.75 Å². The topological polar surface area (TPSA) is 156 Å². The van der Waals surface area contributed by atoms with E-state index in [0.29, 0.717) is 50.3 Å². The molecule has 0 aliphatic carbocycles. The molecule has 0 bridgehead atoms. The Hall–Kier alpha value is -5.64. The molecule has 0 saturated heterocycles. The molecule has 0 aliphatic heterocycles. The van der Waals surface area contributed by atoms with E-state index >= 15 is 0 Å². The van der Waals surface area contributed by atoms with Crippen LogP contribution in [0.15, 0.2) is 78.9 Å². The molecule has 216 valence electrons. The van der Waals surface area contributed by atoms with E-state index in [0.717, 1.165) is 27.2 Å². The van der Waals surface area contributed by atoms with Gasteiger partial charge in [0.25, 0.3) is 0 Å². The van der Waals surface area contributed by atoms with Crippen molar-refractivity contribution < 1.29 is 33.0 Å². The molecule has 1 atom stereocenters. The van der Waals surface area contributed by atoms with E-state index in [1.165, 1.54) is 14.2 Å². The lowest BCUT2D eigenvalue weighted by molar-refractivity contribution is 0.0592. The van der Waals surface area contributed by atoms with Crippen molar-refractivity contribution in [1.82, 2.24) is 19.9 Å². The molecular formula is C32H22N4O7P+. The number of carbonyl (C=O) groups excluding carboxylic acids is 2. The molecule has 2 heterocycles. The Kier molecular flexibility index (Phi) is 6.54. The summed E-state index contributed by atoms with van der Waals surface area (Å²) in [7, 11) is -0.389. The molecule has 12 heteroatoms. The number of esters is 2. The third-order valence-corrected chi connectivity index (χ3v) is 7.80. The minimum Gasteiger partial charge on any atom is -0.465 e. The van der Waals surface area contributed by atoms with Gasteiger partial charge in [0.05, 0.1) is 53.0 Å². The summed E-state index contributed by atoms with van der Waals surface area (Å²) in [6, 6.07) is 23.4. The predicted octanol–water partition coefficient (Wildman–Crippen LogP) is 6.68. The normalized spacial score (nSPS) is 11.8. The van der Waals surface area contributed by atoms with Crippen LogP contribution in [0, 0.1) is 0 Å². The van der Waals surface area contributed by atoms with Gasteiger partial charge < -0.3 is 19.4 Å². The second kappa shape index (κ2) is 10.6. The van der Waals surface area contributed by atoms with Crippen molar-refractivity contribution in [3.8, 4) is 28.5 Å². The molecule has 0 spiro atoms. The van der Waals surface area contributed by atoms with Crippen molar-refractivity contribution in [2.24, 2.45) is 0 Å². The van der Waals surface area contributed by atoms with Gasteiger partial charge in [0, 0.05) is 15.5 Å². The first-order valence-electron chi connectivity index (χ1n) is 13.3. The number of H-pyrrole nitrogens is 2. The second-order valence-electron chi connectivity index (χ2n) is 9.99. The third-order valence-electron chi connectivity index (χ3n) is 7.46. The zero-order valence-electron chi connectivity index (χ0n) is 23.2. The number of benzene rings is 5. The second-order valence-corrected chi connectivity index (χ2v) is 10.6. The van der Waals surface area contributed by atoms with E-state index in [-0.39, 0.29) is 5.75 Å². The van der Waals surface area contributed by atoms with E-state index in [2.05, 4.69) is 15.0 Å². The lowest BCUT2D eigenvalue weighted by atomic mass is 9.97. The molecular weight excluding hydrogens is 583 g/mol. The summed E-state index contributed by atoms with van der Waals surface area (Å²) in [4.78, 5) is 49.9. The fraction of sp³-hybridized carbons (Fsp3) is 0.0625. The van der Waals surface area contributed by atoms with Gasteiger partial charge in [-0.1, -0.05) is 24.3 Å². The standard InChI is InChI=1S/C32H21N4O7P/c1-41-31(37)18-7-10-24-26(13-18)35-29(33-24)20-5-3-4-16-12-17-6-9-21(28(43-44(39)40)23(17)15-22(16)20)30-34-25-11-8-19(32(38)42-2)14-27(25)36-30/h3-15H,1-2H3,(H2-,33,34,35,36,37,38,39,40)/p+1. The number of fused-ring (bicyclic) bond motifs is 4. The summed E-state index contributed by atoms with van der Waals surface area (Å²) in [6.45, 7) is 0. The minimum atomic E-state index is -3.02. The maximum atomic E-state index is 12.1. The molecule has 0 fully saturated rings.